The fourth-order valence-corrected chi connectivity index (χ4v) is 4.84. The number of nitrogens with two attached hydrogens (primary N) is 1. The summed E-state index contributed by atoms with van der Waals surface area (Å²) in [6.45, 7) is 0. The molecule has 1 saturated heterocycles. The predicted octanol–water partition coefficient (Wildman–Crippen LogP) is 1.04. The second kappa shape index (κ2) is 6.33. The maximum atomic E-state index is 13.6. The monoisotopic (exact) mass is 392 g/mol. The molecular formula is C21H20N4O4. The van der Waals surface area contributed by atoms with Crippen molar-refractivity contribution in [2.75, 3.05) is 12.4 Å². The van der Waals surface area contributed by atoms with E-state index in [2.05, 4.69) is 16.2 Å². The van der Waals surface area contributed by atoms with Gasteiger partial charge in [0.1, 0.15) is 11.0 Å². The van der Waals surface area contributed by atoms with Gasteiger partial charge in [0.15, 0.2) is 12.1 Å². The van der Waals surface area contributed by atoms with E-state index in [1.54, 1.807) is 0 Å². The van der Waals surface area contributed by atoms with E-state index in [1.165, 1.54) is 7.11 Å². The largest absolute Gasteiger partial charge is 0.465 e. The molecule has 4 atom stereocenters. The van der Waals surface area contributed by atoms with Crippen molar-refractivity contribution in [3.63, 3.8) is 0 Å². The van der Waals surface area contributed by atoms with Crippen LogP contribution in [0.25, 0.3) is 0 Å². The number of ether oxygens (including phenoxy) is 2. The number of para-hydroxylation sites is 1. The number of benzene rings is 2. The van der Waals surface area contributed by atoms with Gasteiger partial charge < -0.3 is 20.5 Å². The van der Waals surface area contributed by atoms with Gasteiger partial charge in [-0.25, -0.2) is 15.6 Å². The van der Waals surface area contributed by atoms with Crippen LogP contribution in [0, 0.1) is 5.92 Å². The number of fused-ring (bicyclic) bond motifs is 4. The first kappa shape index (κ1) is 17.7. The number of esters is 1. The Kier molecular flexibility index (Phi) is 3.87. The molecule has 5 N–H and O–H groups in total. The minimum absolute atomic E-state index is 0.0233. The molecule has 2 aromatic rings. The molecule has 3 aliphatic heterocycles. The molecule has 29 heavy (non-hydrogen) atoms. The van der Waals surface area contributed by atoms with Crippen LogP contribution >= 0.6 is 0 Å². The van der Waals surface area contributed by atoms with Crippen LogP contribution in [-0.2, 0) is 24.5 Å². The number of hydrogen-bond donors (Lipinski definition) is 4. The van der Waals surface area contributed by atoms with Gasteiger partial charge in [0.2, 0.25) is 5.91 Å². The van der Waals surface area contributed by atoms with Crippen molar-refractivity contribution in [2.24, 2.45) is 11.7 Å². The van der Waals surface area contributed by atoms with E-state index in [1.807, 2.05) is 54.6 Å². The van der Waals surface area contributed by atoms with Gasteiger partial charge in [0, 0.05) is 5.69 Å². The quantitative estimate of drug-likeness (QED) is 0.565. The number of rotatable bonds is 2. The molecule has 3 aliphatic rings. The van der Waals surface area contributed by atoms with Gasteiger partial charge in [0.05, 0.1) is 19.1 Å². The van der Waals surface area contributed by atoms with Gasteiger partial charge in [-0.1, -0.05) is 48.5 Å². The molecule has 1 amide bonds. The number of hydrazine groups is 1. The fraction of sp³-hybridized carbons (Fsp3) is 0.238. The molecule has 1 spiro atoms. The zero-order valence-electron chi connectivity index (χ0n) is 15.6. The first-order valence-corrected chi connectivity index (χ1v) is 9.31. The minimum Gasteiger partial charge on any atom is -0.465 e. The summed E-state index contributed by atoms with van der Waals surface area (Å²) in [7, 11) is 1.26. The molecule has 0 radical (unpaired) electrons. The fourth-order valence-electron chi connectivity index (χ4n) is 4.84. The molecule has 0 saturated carbocycles. The van der Waals surface area contributed by atoms with E-state index in [-0.39, 0.29) is 23.4 Å². The van der Waals surface area contributed by atoms with Gasteiger partial charge in [0.25, 0.3) is 0 Å². The van der Waals surface area contributed by atoms with Gasteiger partial charge in [-0.3, -0.25) is 4.79 Å². The first-order valence-electron chi connectivity index (χ1n) is 9.31. The van der Waals surface area contributed by atoms with E-state index < -0.39 is 23.5 Å². The van der Waals surface area contributed by atoms with Crippen LogP contribution in [0.3, 0.4) is 0 Å². The number of anilines is 1. The third-order valence-corrected chi connectivity index (χ3v) is 5.97. The molecule has 0 aliphatic carbocycles. The topological polar surface area (TPSA) is 115 Å². The molecule has 8 nitrogen and oxygen atoms in total. The molecule has 3 heterocycles. The molecular weight excluding hydrogens is 372 g/mol. The highest BCUT2D eigenvalue weighted by Crippen LogP contribution is 2.56. The number of carbonyl (C=O) groups excluding carboxylic acids is 2. The highest BCUT2D eigenvalue weighted by atomic mass is 16.5. The smallest absolute Gasteiger partial charge is 0.340 e. The van der Waals surface area contributed by atoms with Crippen molar-refractivity contribution in [3.05, 3.63) is 77.2 Å². The van der Waals surface area contributed by atoms with E-state index in [0.29, 0.717) is 11.3 Å². The Morgan fingerprint density at radius 3 is 2.59 bits per heavy atom. The zero-order chi connectivity index (χ0) is 20.2. The summed E-state index contributed by atoms with van der Waals surface area (Å²) in [5.74, 6) is -1.62. The molecule has 4 unspecified atom stereocenters. The first-order chi connectivity index (χ1) is 14.1. The van der Waals surface area contributed by atoms with E-state index in [0.717, 1.165) is 5.56 Å². The summed E-state index contributed by atoms with van der Waals surface area (Å²) in [6.07, 6.45) is -0.620. The third kappa shape index (κ3) is 2.27. The van der Waals surface area contributed by atoms with Crippen LogP contribution in [-0.4, -0.2) is 25.2 Å². The summed E-state index contributed by atoms with van der Waals surface area (Å²) in [6, 6.07) is 16.7. The standard InChI is InChI=1S/C21H20N4O4/c1-28-19(26)15-17(22)29-18-14(16(24-25-18)11-7-3-2-4-8-11)21(15)12-9-5-6-10-13(12)23-20(21)27/h2-10,14,16,18,24-25H,22H2,1H3,(H,23,27). The third-order valence-electron chi connectivity index (χ3n) is 5.97. The number of hydrogen-bond acceptors (Lipinski definition) is 7. The Morgan fingerprint density at radius 1 is 1.10 bits per heavy atom. The lowest BCUT2D eigenvalue weighted by atomic mass is 9.61. The molecule has 1 fully saturated rings. The summed E-state index contributed by atoms with van der Waals surface area (Å²) >= 11 is 0. The Bertz CT molecular complexity index is 1040. The number of nitrogens with one attached hydrogen (secondary N) is 3. The number of carbonyl (C=O) groups is 2. The lowest BCUT2D eigenvalue weighted by Crippen LogP contribution is -2.56. The summed E-state index contributed by atoms with van der Waals surface area (Å²) in [5.41, 5.74) is 13.4. The van der Waals surface area contributed by atoms with Gasteiger partial charge in [-0.05, 0) is 17.2 Å². The van der Waals surface area contributed by atoms with Crippen molar-refractivity contribution in [2.45, 2.75) is 17.7 Å². The van der Waals surface area contributed by atoms with Crippen LogP contribution in [0.5, 0.6) is 0 Å². The normalized spacial score (nSPS) is 29.8. The lowest BCUT2D eigenvalue weighted by molar-refractivity contribution is -0.142. The number of amides is 1. The van der Waals surface area contributed by atoms with Crippen molar-refractivity contribution in [1.29, 1.82) is 0 Å². The SMILES string of the molecule is COC(=O)C1=C(N)OC2NNC(c3ccccc3)C2C12C(=O)Nc1ccccc12. The van der Waals surface area contributed by atoms with E-state index >= 15 is 0 Å². The Hall–Kier alpha value is -3.36. The summed E-state index contributed by atoms with van der Waals surface area (Å²) in [5, 5.41) is 2.92. The molecule has 0 bridgehead atoms. The van der Waals surface area contributed by atoms with E-state index in [9.17, 15) is 9.59 Å². The highest BCUT2D eigenvalue weighted by Gasteiger charge is 2.67. The van der Waals surface area contributed by atoms with Crippen LogP contribution in [0.15, 0.2) is 66.1 Å². The van der Waals surface area contributed by atoms with Crippen molar-refractivity contribution in [1.82, 2.24) is 10.9 Å². The average molecular weight is 392 g/mol. The maximum absolute atomic E-state index is 13.6. The van der Waals surface area contributed by atoms with Crippen molar-refractivity contribution < 1.29 is 19.1 Å². The number of methoxy groups -OCH3 is 1. The van der Waals surface area contributed by atoms with E-state index in [4.69, 9.17) is 15.2 Å². The zero-order valence-corrected chi connectivity index (χ0v) is 15.6. The van der Waals surface area contributed by atoms with Crippen LogP contribution in [0.2, 0.25) is 0 Å². The highest BCUT2D eigenvalue weighted by molar-refractivity contribution is 6.14. The molecule has 0 aromatic heterocycles. The minimum atomic E-state index is -1.37. The Labute approximate surface area is 167 Å². The summed E-state index contributed by atoms with van der Waals surface area (Å²) in [4.78, 5) is 26.4. The lowest BCUT2D eigenvalue weighted by Gasteiger charge is -2.43. The van der Waals surface area contributed by atoms with Crippen molar-refractivity contribution in [3.8, 4) is 0 Å². The van der Waals surface area contributed by atoms with Gasteiger partial charge in [-0.2, -0.15) is 0 Å². The predicted molar refractivity (Wildman–Crippen MR) is 104 cm³/mol. The maximum Gasteiger partial charge on any atom is 0.340 e. The van der Waals surface area contributed by atoms with Gasteiger partial charge in [-0.15, -0.1) is 0 Å². The average Bonchev–Trinajstić information content (AvgIpc) is 3.28. The van der Waals surface area contributed by atoms with Crippen molar-refractivity contribution >= 4 is 17.6 Å². The molecule has 8 heteroatoms. The van der Waals surface area contributed by atoms with Crippen LogP contribution in [0.1, 0.15) is 17.2 Å². The molecule has 2 aromatic carbocycles. The Balaban J connectivity index is 1.80. The summed E-state index contributed by atoms with van der Waals surface area (Å²) < 4.78 is 10.9. The second-order valence-corrected chi connectivity index (χ2v) is 7.28. The van der Waals surface area contributed by atoms with Crippen LogP contribution in [0.4, 0.5) is 5.69 Å². The van der Waals surface area contributed by atoms with Crippen LogP contribution < -0.4 is 21.9 Å². The molecule has 148 valence electrons. The second-order valence-electron chi connectivity index (χ2n) is 7.28. The Morgan fingerprint density at radius 2 is 1.83 bits per heavy atom. The molecule has 5 rings (SSSR count). The van der Waals surface area contributed by atoms with Gasteiger partial charge >= 0.3 is 5.97 Å².